The van der Waals surface area contributed by atoms with Crippen molar-refractivity contribution in [1.29, 1.82) is 0 Å². The molecule has 4 aromatic carbocycles. The van der Waals surface area contributed by atoms with E-state index in [9.17, 15) is 4.57 Å². The van der Waals surface area contributed by atoms with Crippen LogP contribution in [-0.4, -0.2) is 14.5 Å². The Morgan fingerprint density at radius 2 is 1.09 bits per heavy atom. The van der Waals surface area contributed by atoms with Crippen molar-refractivity contribution in [2.75, 3.05) is 0 Å². The summed E-state index contributed by atoms with van der Waals surface area (Å²) in [7, 11) is 0. The molecule has 4 rings (SSSR count). The van der Waals surface area contributed by atoms with Gasteiger partial charge in [0.05, 0.1) is 0 Å². The van der Waals surface area contributed by atoms with Crippen LogP contribution in [-0.2, 0) is 4.57 Å². The molecule has 0 aromatic heterocycles. The third-order valence-corrected chi connectivity index (χ3v) is 14.7. The first-order valence-electron chi connectivity index (χ1n) is 11.3. The molecule has 0 fully saturated rings. The van der Waals surface area contributed by atoms with Crippen molar-refractivity contribution < 1.29 is 4.57 Å². The number of hydrogen-bond acceptors (Lipinski definition) is 1. The molecule has 0 saturated heterocycles. The van der Waals surface area contributed by atoms with Crippen LogP contribution in [0, 0.1) is 13.8 Å². The SMILES string of the molecule is Cc1ccc(C(=CCC[Se]P(=O)(c2ccccc2)c2ccccc2)c2ccc(C)cc2)cc1. The van der Waals surface area contributed by atoms with Crippen LogP contribution < -0.4 is 10.6 Å². The summed E-state index contributed by atoms with van der Waals surface area (Å²) in [5.74, 6) is -2.61. The Bertz CT molecular complexity index is 1150. The Labute approximate surface area is 203 Å². The van der Waals surface area contributed by atoms with E-state index in [0.29, 0.717) is 0 Å². The van der Waals surface area contributed by atoms with Crippen LogP contribution in [0.3, 0.4) is 0 Å². The average molecular weight is 515 g/mol. The maximum atomic E-state index is 14.3. The normalized spacial score (nSPS) is 11.2. The van der Waals surface area contributed by atoms with Gasteiger partial charge in [0, 0.05) is 0 Å². The van der Waals surface area contributed by atoms with Crippen LogP contribution in [0.5, 0.6) is 0 Å². The van der Waals surface area contributed by atoms with Crippen LogP contribution in [0.15, 0.2) is 115 Å². The van der Waals surface area contributed by atoms with Gasteiger partial charge < -0.3 is 0 Å². The fourth-order valence-electron chi connectivity index (χ4n) is 3.80. The summed E-state index contributed by atoms with van der Waals surface area (Å²) in [6, 6.07) is 37.5. The summed E-state index contributed by atoms with van der Waals surface area (Å²) in [4.78, 5) is 0. The van der Waals surface area contributed by atoms with E-state index in [4.69, 9.17) is 0 Å². The molecule has 0 aliphatic heterocycles. The van der Waals surface area contributed by atoms with E-state index in [0.717, 1.165) is 22.3 Å². The fraction of sp³-hybridized carbons (Fsp3) is 0.133. The predicted octanol–water partition coefficient (Wildman–Crippen LogP) is 7.18. The van der Waals surface area contributed by atoms with Gasteiger partial charge in [-0.2, -0.15) is 0 Å². The van der Waals surface area contributed by atoms with Crippen molar-refractivity contribution in [1.82, 2.24) is 0 Å². The molecule has 166 valence electrons. The first-order valence-corrected chi connectivity index (χ1v) is 16.4. The summed E-state index contributed by atoms with van der Waals surface area (Å²) in [5, 5.41) is 2.87. The van der Waals surface area contributed by atoms with E-state index in [2.05, 4.69) is 68.5 Å². The molecule has 0 N–H and O–H groups in total. The molecule has 0 saturated carbocycles. The van der Waals surface area contributed by atoms with Gasteiger partial charge >= 0.3 is 204 Å². The van der Waals surface area contributed by atoms with E-state index in [1.54, 1.807) is 0 Å². The molecule has 0 aliphatic rings. The van der Waals surface area contributed by atoms with E-state index in [1.807, 2.05) is 60.7 Å². The second-order valence-corrected chi connectivity index (χ2v) is 16.3. The molecule has 0 aliphatic carbocycles. The number of benzene rings is 4. The molecule has 0 unspecified atom stereocenters. The maximum absolute atomic E-state index is 14.3. The van der Waals surface area contributed by atoms with Crippen LogP contribution >= 0.6 is 5.83 Å². The molecule has 0 atom stereocenters. The fourth-order valence-corrected chi connectivity index (χ4v) is 11.8. The van der Waals surface area contributed by atoms with Gasteiger partial charge in [-0.1, -0.05) is 0 Å². The first-order chi connectivity index (χ1) is 16.1. The minimum atomic E-state index is -2.61. The monoisotopic (exact) mass is 516 g/mol. The van der Waals surface area contributed by atoms with E-state index in [-0.39, 0.29) is 14.5 Å². The van der Waals surface area contributed by atoms with Gasteiger partial charge in [0.25, 0.3) is 0 Å². The number of aryl methyl sites for hydroxylation is 2. The Kier molecular flexibility index (Phi) is 7.84. The summed E-state index contributed by atoms with van der Waals surface area (Å²) < 4.78 is 14.3. The first kappa shape index (κ1) is 23.5. The van der Waals surface area contributed by atoms with E-state index >= 15 is 0 Å². The molecular formula is C30H29OPSe. The summed E-state index contributed by atoms with van der Waals surface area (Å²) in [6.45, 7) is 4.23. The summed E-state index contributed by atoms with van der Waals surface area (Å²) in [5.41, 5.74) is 6.23. The zero-order valence-electron chi connectivity index (χ0n) is 19.1. The zero-order valence-corrected chi connectivity index (χ0v) is 21.8. The van der Waals surface area contributed by atoms with E-state index in [1.165, 1.54) is 27.8 Å². The van der Waals surface area contributed by atoms with Crippen molar-refractivity contribution in [2.24, 2.45) is 0 Å². The van der Waals surface area contributed by atoms with Gasteiger partial charge in [0.2, 0.25) is 0 Å². The van der Waals surface area contributed by atoms with Crippen molar-refractivity contribution in [3.63, 3.8) is 0 Å². The van der Waals surface area contributed by atoms with Gasteiger partial charge in [0.15, 0.2) is 0 Å². The topological polar surface area (TPSA) is 17.1 Å². The van der Waals surface area contributed by atoms with Gasteiger partial charge in [-0.15, -0.1) is 0 Å². The van der Waals surface area contributed by atoms with Gasteiger partial charge in [0.1, 0.15) is 0 Å². The molecule has 0 spiro atoms. The Morgan fingerprint density at radius 3 is 1.52 bits per heavy atom. The average Bonchev–Trinajstić information content (AvgIpc) is 2.86. The van der Waals surface area contributed by atoms with Crippen molar-refractivity contribution >= 4 is 36.5 Å². The number of allylic oxidation sites excluding steroid dienone is 1. The van der Waals surface area contributed by atoms with Gasteiger partial charge in [-0.05, 0) is 0 Å². The molecule has 0 amide bonds. The third-order valence-electron chi connectivity index (χ3n) is 5.66. The van der Waals surface area contributed by atoms with Gasteiger partial charge in [-0.3, -0.25) is 0 Å². The molecule has 4 aromatic rings. The van der Waals surface area contributed by atoms with Gasteiger partial charge in [-0.25, -0.2) is 0 Å². The number of rotatable bonds is 8. The van der Waals surface area contributed by atoms with Crippen LogP contribution in [0.1, 0.15) is 28.7 Å². The third kappa shape index (κ3) is 5.84. The van der Waals surface area contributed by atoms with Crippen LogP contribution in [0.2, 0.25) is 5.32 Å². The predicted molar refractivity (Wildman–Crippen MR) is 144 cm³/mol. The minimum absolute atomic E-state index is 0.0299. The second kappa shape index (κ2) is 11.0. The Hall–Kier alpha value is -2.63. The summed E-state index contributed by atoms with van der Waals surface area (Å²) >= 11 is -0.0299. The molecular weight excluding hydrogens is 486 g/mol. The zero-order chi connectivity index (χ0) is 23.1. The molecule has 0 radical (unpaired) electrons. The Morgan fingerprint density at radius 1 is 0.667 bits per heavy atom. The summed E-state index contributed by atoms with van der Waals surface area (Å²) in [6.07, 6.45) is 3.23. The van der Waals surface area contributed by atoms with Crippen LogP contribution in [0.25, 0.3) is 5.57 Å². The van der Waals surface area contributed by atoms with Crippen molar-refractivity contribution in [3.8, 4) is 0 Å². The molecule has 3 heteroatoms. The molecule has 1 nitrogen and oxygen atoms in total. The Balaban J connectivity index is 1.59. The molecule has 0 heterocycles. The van der Waals surface area contributed by atoms with E-state index < -0.39 is 5.83 Å². The second-order valence-electron chi connectivity index (χ2n) is 8.19. The van der Waals surface area contributed by atoms with Crippen LogP contribution in [0.4, 0.5) is 0 Å². The molecule has 33 heavy (non-hydrogen) atoms. The van der Waals surface area contributed by atoms with Crippen molar-refractivity contribution in [2.45, 2.75) is 25.6 Å². The quantitative estimate of drug-likeness (QED) is 0.138. The number of hydrogen-bond donors (Lipinski definition) is 0. The molecule has 0 bridgehead atoms. The van der Waals surface area contributed by atoms with Crippen molar-refractivity contribution in [3.05, 3.63) is 138 Å². The standard InChI is InChI=1S/C30H29OPSe/c1-24-15-19-26(20-16-24)30(27-21-17-25(2)18-22-27)14-9-23-33-32(31,28-10-5-3-6-11-28)29-12-7-4-8-13-29/h3-8,10-22H,9,23H2,1-2H3.